The third-order valence-corrected chi connectivity index (χ3v) is 5.74. The molecule has 3 heteroatoms. The van der Waals surface area contributed by atoms with Gasteiger partial charge in [0.2, 0.25) is 0 Å². The van der Waals surface area contributed by atoms with E-state index in [9.17, 15) is 0 Å². The predicted octanol–water partition coefficient (Wildman–Crippen LogP) is 3.51. The van der Waals surface area contributed by atoms with Crippen LogP contribution in [0.1, 0.15) is 58.3 Å². The third kappa shape index (κ3) is 3.40. The minimum atomic E-state index is 0.287. The van der Waals surface area contributed by atoms with Crippen LogP contribution in [0.4, 0.5) is 0 Å². The van der Waals surface area contributed by atoms with E-state index in [1.165, 1.54) is 68.2 Å². The number of quaternary nitrogens is 1. The smallest absolute Gasteiger partial charge is 0.141 e. The average Bonchev–Trinajstić information content (AvgIpc) is 2.96. The van der Waals surface area contributed by atoms with Gasteiger partial charge < -0.3 is 9.80 Å². The Morgan fingerprint density at radius 1 is 1.14 bits per heavy atom. The number of hydrogen-bond acceptors (Lipinski definition) is 2. The van der Waals surface area contributed by atoms with Crippen LogP contribution in [-0.2, 0) is 0 Å². The van der Waals surface area contributed by atoms with E-state index in [1.807, 2.05) is 13.3 Å². The summed E-state index contributed by atoms with van der Waals surface area (Å²) in [5.74, 6) is 0. The highest BCUT2D eigenvalue weighted by molar-refractivity contribution is 5.56. The summed E-state index contributed by atoms with van der Waals surface area (Å²) >= 11 is 0. The van der Waals surface area contributed by atoms with Gasteiger partial charge in [0.1, 0.15) is 5.54 Å². The van der Waals surface area contributed by atoms with Crippen molar-refractivity contribution >= 4 is 6.21 Å². The summed E-state index contributed by atoms with van der Waals surface area (Å²) in [6.45, 7) is 5.78. The molecule has 1 heterocycles. The molecule has 1 aliphatic heterocycles. The van der Waals surface area contributed by atoms with Crippen LogP contribution in [0, 0.1) is 0 Å². The molecule has 0 radical (unpaired) electrons. The number of likely N-dealkylation sites (tertiary alicyclic amines) is 1. The van der Waals surface area contributed by atoms with E-state index in [4.69, 9.17) is 4.99 Å². The number of aliphatic imine (C=N–C) groups is 1. The first-order chi connectivity index (χ1) is 10.2. The van der Waals surface area contributed by atoms with Crippen molar-refractivity contribution < 1.29 is 4.48 Å². The Labute approximate surface area is 131 Å². The monoisotopic (exact) mass is 292 g/mol. The second-order valence-electron chi connectivity index (χ2n) is 7.01. The van der Waals surface area contributed by atoms with Gasteiger partial charge in [0.25, 0.3) is 0 Å². The van der Waals surface area contributed by atoms with Gasteiger partial charge in [0.05, 0.1) is 25.8 Å². The van der Waals surface area contributed by atoms with Crippen LogP contribution in [0.25, 0.3) is 0 Å². The highest BCUT2D eigenvalue weighted by Gasteiger charge is 2.52. The molecular formula is C18H34N3+. The average molecular weight is 292 g/mol. The molecule has 0 aromatic rings. The topological polar surface area (TPSA) is 24.4 Å². The molecule has 0 amide bonds. The molecule has 0 bridgehead atoms. The molecule has 2 fully saturated rings. The van der Waals surface area contributed by atoms with Gasteiger partial charge in [0, 0.05) is 31.9 Å². The van der Waals surface area contributed by atoms with Gasteiger partial charge in [-0.15, -0.1) is 0 Å². The van der Waals surface area contributed by atoms with Crippen LogP contribution in [0.3, 0.4) is 0 Å². The van der Waals surface area contributed by atoms with Crippen LogP contribution in [-0.4, -0.2) is 50.0 Å². The number of hydrogen-bond donors (Lipinski definition) is 1. The summed E-state index contributed by atoms with van der Waals surface area (Å²) in [7, 11) is 4.52. The first kappa shape index (κ1) is 16.7. The van der Waals surface area contributed by atoms with Gasteiger partial charge in [-0.1, -0.05) is 12.5 Å². The molecule has 21 heavy (non-hydrogen) atoms. The van der Waals surface area contributed by atoms with Crippen molar-refractivity contribution in [2.45, 2.75) is 63.8 Å². The van der Waals surface area contributed by atoms with Gasteiger partial charge in [0.15, 0.2) is 0 Å². The highest BCUT2D eigenvalue weighted by atomic mass is 15.4. The maximum absolute atomic E-state index is 4.87. The second-order valence-corrected chi connectivity index (χ2v) is 7.01. The summed E-state index contributed by atoms with van der Waals surface area (Å²) < 4.78 is 1.23. The fourth-order valence-electron chi connectivity index (χ4n) is 4.53. The molecule has 1 aliphatic carbocycles. The fraction of sp³-hybridized carbons (Fsp3) is 0.833. The lowest BCUT2D eigenvalue weighted by Crippen LogP contribution is -2.62. The lowest BCUT2D eigenvalue weighted by molar-refractivity contribution is -0.944. The zero-order valence-corrected chi connectivity index (χ0v) is 14.3. The number of likely N-dealkylation sites (N-methyl/N-ethyl adjacent to an activating group) is 1. The van der Waals surface area contributed by atoms with Crippen molar-refractivity contribution in [2.24, 2.45) is 4.99 Å². The molecule has 1 saturated carbocycles. The van der Waals surface area contributed by atoms with Gasteiger partial charge >= 0.3 is 0 Å². The lowest BCUT2D eigenvalue weighted by Gasteiger charge is -2.51. The van der Waals surface area contributed by atoms with Crippen molar-refractivity contribution in [1.29, 1.82) is 0 Å². The predicted molar refractivity (Wildman–Crippen MR) is 91.8 cm³/mol. The minimum Gasteiger partial charge on any atom is -0.319 e. The van der Waals surface area contributed by atoms with Crippen LogP contribution in [0.5, 0.6) is 0 Å². The van der Waals surface area contributed by atoms with Crippen molar-refractivity contribution in [1.82, 2.24) is 5.32 Å². The van der Waals surface area contributed by atoms with E-state index < -0.39 is 0 Å². The van der Waals surface area contributed by atoms with Crippen molar-refractivity contribution in [3.05, 3.63) is 11.8 Å². The van der Waals surface area contributed by atoms with Crippen LogP contribution in [0.15, 0.2) is 16.8 Å². The zero-order valence-electron chi connectivity index (χ0n) is 14.3. The molecule has 120 valence electrons. The Kier molecular flexibility index (Phi) is 6.00. The summed E-state index contributed by atoms with van der Waals surface area (Å²) in [6.07, 6.45) is 15.1. The van der Waals surface area contributed by atoms with Crippen molar-refractivity contribution in [3.63, 3.8) is 0 Å². The van der Waals surface area contributed by atoms with Crippen LogP contribution < -0.4 is 5.32 Å². The first-order valence-electron chi connectivity index (χ1n) is 8.87. The SMILES string of the molecule is CC=NC(=CCCNC)C1([N+]2(C)CCCC2)CCCCC1. The highest BCUT2D eigenvalue weighted by Crippen LogP contribution is 2.46. The molecule has 0 aromatic heterocycles. The van der Waals surface area contributed by atoms with Crippen LogP contribution in [0.2, 0.25) is 0 Å². The fourth-order valence-corrected chi connectivity index (χ4v) is 4.53. The number of rotatable bonds is 6. The minimum absolute atomic E-state index is 0.287. The summed E-state index contributed by atoms with van der Waals surface area (Å²) in [6, 6.07) is 0. The molecule has 0 aromatic carbocycles. The second kappa shape index (κ2) is 7.55. The maximum Gasteiger partial charge on any atom is 0.141 e. The molecule has 3 nitrogen and oxygen atoms in total. The van der Waals surface area contributed by atoms with Gasteiger partial charge in [-0.05, 0) is 39.8 Å². The van der Waals surface area contributed by atoms with Crippen LogP contribution >= 0.6 is 0 Å². The van der Waals surface area contributed by atoms with E-state index in [2.05, 4.69) is 25.4 Å². The third-order valence-electron chi connectivity index (χ3n) is 5.74. The van der Waals surface area contributed by atoms with Gasteiger partial charge in [-0.25, -0.2) is 0 Å². The van der Waals surface area contributed by atoms with E-state index in [0.29, 0.717) is 0 Å². The summed E-state index contributed by atoms with van der Waals surface area (Å²) in [4.78, 5) is 4.87. The Bertz CT molecular complexity index is 372. The first-order valence-corrected chi connectivity index (χ1v) is 8.87. The molecule has 1 N–H and O–H groups in total. The van der Waals surface area contributed by atoms with E-state index >= 15 is 0 Å². The number of nitrogens with zero attached hydrogens (tertiary/aromatic N) is 2. The van der Waals surface area contributed by atoms with E-state index in [0.717, 1.165) is 13.0 Å². The molecule has 2 rings (SSSR count). The largest absolute Gasteiger partial charge is 0.319 e. The van der Waals surface area contributed by atoms with E-state index in [1.54, 1.807) is 0 Å². The van der Waals surface area contributed by atoms with Gasteiger partial charge in [-0.3, -0.25) is 4.99 Å². The summed E-state index contributed by atoms with van der Waals surface area (Å²) in [5, 5.41) is 3.26. The summed E-state index contributed by atoms with van der Waals surface area (Å²) in [5.41, 5.74) is 1.67. The quantitative estimate of drug-likeness (QED) is 0.452. The van der Waals surface area contributed by atoms with Gasteiger partial charge in [-0.2, -0.15) is 0 Å². The Hall–Kier alpha value is -0.670. The van der Waals surface area contributed by atoms with E-state index in [-0.39, 0.29) is 5.54 Å². The standard InChI is InChI=1S/C18H34N3/c1-4-20-17(11-10-14-19-2)18(12-6-5-7-13-18)21(3)15-8-9-16-21/h4,11,19H,5-10,12-16H2,1-3H3/q+1. The molecule has 0 unspecified atom stereocenters. The molecule has 0 spiro atoms. The molecule has 2 aliphatic rings. The Morgan fingerprint density at radius 2 is 1.81 bits per heavy atom. The Morgan fingerprint density at radius 3 is 2.38 bits per heavy atom. The lowest BCUT2D eigenvalue weighted by atomic mass is 9.76. The zero-order chi connectivity index (χ0) is 15.2. The maximum atomic E-state index is 4.87. The van der Waals surface area contributed by atoms with Crippen molar-refractivity contribution in [2.75, 3.05) is 33.7 Å². The molecule has 1 saturated heterocycles. The molecular weight excluding hydrogens is 258 g/mol. The van der Waals surface area contributed by atoms with Crippen molar-refractivity contribution in [3.8, 4) is 0 Å². The molecule has 0 atom stereocenters. The number of nitrogens with one attached hydrogen (secondary N) is 1. The Balaban J connectivity index is 2.34. The normalized spacial score (nSPS) is 25.6.